The third-order valence-corrected chi connectivity index (χ3v) is 4.28. The number of ether oxygens (including phenoxy) is 1. The molecule has 2 N–H and O–H groups in total. The van der Waals surface area contributed by atoms with Crippen LogP contribution < -0.4 is 10.6 Å². The summed E-state index contributed by atoms with van der Waals surface area (Å²) in [7, 11) is 0. The fraction of sp³-hybridized carbons (Fsp3) is 0.600. The standard InChI is InChI=1S/C15H22N4O2/c16-13-2-1-5-17-14(13)18-6-8-19(9-7-18)15(20)12-3-10-21-11-4-12/h1-2,5,12H,3-4,6-11,16H2. The molecule has 0 atom stereocenters. The zero-order valence-electron chi connectivity index (χ0n) is 12.2. The molecule has 21 heavy (non-hydrogen) atoms. The SMILES string of the molecule is Nc1cccnc1N1CCN(C(=O)C2CCOCC2)CC1. The molecule has 0 aromatic carbocycles. The molecular weight excluding hydrogens is 268 g/mol. The summed E-state index contributed by atoms with van der Waals surface area (Å²) in [5.41, 5.74) is 6.66. The summed E-state index contributed by atoms with van der Waals surface area (Å²) in [6.45, 7) is 4.48. The van der Waals surface area contributed by atoms with E-state index in [4.69, 9.17) is 10.5 Å². The second-order valence-electron chi connectivity index (χ2n) is 5.62. The Kier molecular flexibility index (Phi) is 4.24. The highest BCUT2D eigenvalue weighted by atomic mass is 16.5. The minimum Gasteiger partial charge on any atom is -0.396 e. The molecule has 6 nitrogen and oxygen atoms in total. The van der Waals surface area contributed by atoms with E-state index in [0.29, 0.717) is 18.9 Å². The normalized spacial score (nSPS) is 20.6. The fourth-order valence-electron chi connectivity index (χ4n) is 3.02. The summed E-state index contributed by atoms with van der Waals surface area (Å²) in [5, 5.41) is 0. The van der Waals surface area contributed by atoms with Crippen molar-refractivity contribution >= 4 is 17.4 Å². The molecule has 0 aliphatic carbocycles. The van der Waals surface area contributed by atoms with E-state index in [1.165, 1.54) is 0 Å². The molecule has 114 valence electrons. The number of anilines is 2. The lowest BCUT2D eigenvalue weighted by molar-refractivity contribution is -0.138. The molecule has 2 saturated heterocycles. The lowest BCUT2D eigenvalue weighted by Crippen LogP contribution is -2.51. The number of amides is 1. The van der Waals surface area contributed by atoms with Gasteiger partial charge in [-0.3, -0.25) is 4.79 Å². The Morgan fingerprint density at radius 2 is 1.95 bits per heavy atom. The molecule has 1 aromatic rings. The zero-order valence-corrected chi connectivity index (χ0v) is 12.2. The maximum atomic E-state index is 12.5. The van der Waals surface area contributed by atoms with Gasteiger partial charge in [-0.15, -0.1) is 0 Å². The van der Waals surface area contributed by atoms with Gasteiger partial charge >= 0.3 is 0 Å². The molecule has 0 radical (unpaired) electrons. The number of nitrogens with zero attached hydrogens (tertiary/aromatic N) is 3. The molecule has 0 bridgehead atoms. The van der Waals surface area contributed by atoms with Gasteiger partial charge in [-0.2, -0.15) is 0 Å². The quantitative estimate of drug-likeness (QED) is 0.870. The van der Waals surface area contributed by atoms with Gasteiger partial charge in [0.2, 0.25) is 5.91 Å². The van der Waals surface area contributed by atoms with Crippen LogP contribution in [0, 0.1) is 5.92 Å². The summed E-state index contributed by atoms with van der Waals surface area (Å²) in [6, 6.07) is 3.70. The van der Waals surface area contributed by atoms with Gasteiger partial charge in [0.1, 0.15) is 0 Å². The van der Waals surface area contributed by atoms with Crippen molar-refractivity contribution < 1.29 is 9.53 Å². The predicted molar refractivity (Wildman–Crippen MR) is 81.0 cm³/mol. The number of pyridine rings is 1. The van der Waals surface area contributed by atoms with Gasteiger partial charge in [0.25, 0.3) is 0 Å². The first-order valence-corrected chi connectivity index (χ1v) is 7.57. The molecule has 3 rings (SSSR count). The van der Waals surface area contributed by atoms with Crippen molar-refractivity contribution in [3.05, 3.63) is 18.3 Å². The van der Waals surface area contributed by atoms with Crippen molar-refractivity contribution in [2.24, 2.45) is 5.92 Å². The second kappa shape index (κ2) is 6.30. The number of nitrogen functional groups attached to an aromatic ring is 1. The summed E-state index contributed by atoms with van der Waals surface area (Å²) in [6.07, 6.45) is 3.46. The Labute approximate surface area is 124 Å². The van der Waals surface area contributed by atoms with E-state index >= 15 is 0 Å². The van der Waals surface area contributed by atoms with E-state index < -0.39 is 0 Å². The molecule has 0 spiro atoms. The Morgan fingerprint density at radius 1 is 1.24 bits per heavy atom. The van der Waals surface area contributed by atoms with Gasteiger partial charge in [0, 0.05) is 51.5 Å². The number of piperazine rings is 1. The third-order valence-electron chi connectivity index (χ3n) is 4.28. The van der Waals surface area contributed by atoms with Crippen LogP contribution >= 0.6 is 0 Å². The van der Waals surface area contributed by atoms with Crippen LogP contribution in [-0.4, -0.2) is 55.2 Å². The van der Waals surface area contributed by atoms with Crippen molar-refractivity contribution in [3.8, 4) is 0 Å². The summed E-state index contributed by atoms with van der Waals surface area (Å²) in [5.74, 6) is 1.26. The van der Waals surface area contributed by atoms with Crippen molar-refractivity contribution in [2.75, 3.05) is 50.0 Å². The lowest BCUT2D eigenvalue weighted by atomic mass is 9.98. The van der Waals surface area contributed by atoms with Gasteiger partial charge in [0.15, 0.2) is 5.82 Å². The average Bonchev–Trinajstić information content (AvgIpc) is 2.56. The smallest absolute Gasteiger partial charge is 0.225 e. The number of rotatable bonds is 2. The lowest BCUT2D eigenvalue weighted by Gasteiger charge is -2.37. The number of carbonyl (C=O) groups excluding carboxylic acids is 1. The molecule has 1 aromatic heterocycles. The molecule has 0 saturated carbocycles. The topological polar surface area (TPSA) is 71.7 Å². The van der Waals surface area contributed by atoms with E-state index in [-0.39, 0.29) is 11.8 Å². The highest BCUT2D eigenvalue weighted by Gasteiger charge is 2.29. The molecule has 1 amide bonds. The van der Waals surface area contributed by atoms with Crippen LogP contribution in [0.15, 0.2) is 18.3 Å². The monoisotopic (exact) mass is 290 g/mol. The molecule has 2 aliphatic rings. The highest BCUT2D eigenvalue weighted by Crippen LogP contribution is 2.22. The maximum Gasteiger partial charge on any atom is 0.225 e. The second-order valence-corrected chi connectivity index (χ2v) is 5.62. The number of aromatic nitrogens is 1. The molecular formula is C15H22N4O2. The Balaban J connectivity index is 1.57. The van der Waals surface area contributed by atoms with E-state index in [0.717, 1.165) is 44.8 Å². The number of nitrogens with two attached hydrogens (primary N) is 1. The van der Waals surface area contributed by atoms with Gasteiger partial charge in [-0.1, -0.05) is 0 Å². The van der Waals surface area contributed by atoms with E-state index in [2.05, 4.69) is 9.88 Å². The Morgan fingerprint density at radius 3 is 2.62 bits per heavy atom. The van der Waals surface area contributed by atoms with Gasteiger partial charge < -0.3 is 20.3 Å². The first-order valence-electron chi connectivity index (χ1n) is 7.57. The van der Waals surface area contributed by atoms with E-state index in [9.17, 15) is 4.79 Å². The third kappa shape index (κ3) is 3.10. The van der Waals surface area contributed by atoms with Crippen LogP contribution in [0.5, 0.6) is 0 Å². The summed E-state index contributed by atoms with van der Waals surface area (Å²) in [4.78, 5) is 21.0. The van der Waals surface area contributed by atoms with Crippen LogP contribution in [0.4, 0.5) is 11.5 Å². The number of hydrogen-bond donors (Lipinski definition) is 1. The molecule has 0 unspecified atom stereocenters. The highest BCUT2D eigenvalue weighted by molar-refractivity contribution is 5.79. The van der Waals surface area contributed by atoms with Crippen molar-refractivity contribution in [3.63, 3.8) is 0 Å². The van der Waals surface area contributed by atoms with Gasteiger partial charge in [-0.25, -0.2) is 4.98 Å². The largest absolute Gasteiger partial charge is 0.396 e. The first-order chi connectivity index (χ1) is 10.3. The van der Waals surface area contributed by atoms with Crippen LogP contribution in [0.3, 0.4) is 0 Å². The van der Waals surface area contributed by atoms with Crippen molar-refractivity contribution in [1.29, 1.82) is 0 Å². The minimum absolute atomic E-state index is 0.144. The van der Waals surface area contributed by atoms with Gasteiger partial charge in [0.05, 0.1) is 5.69 Å². The maximum absolute atomic E-state index is 12.5. The predicted octanol–water partition coefficient (Wildman–Crippen LogP) is 0.739. The van der Waals surface area contributed by atoms with E-state index in [1.54, 1.807) is 6.20 Å². The summed E-state index contributed by atoms with van der Waals surface area (Å²) < 4.78 is 5.32. The zero-order chi connectivity index (χ0) is 14.7. The molecule has 6 heteroatoms. The number of hydrogen-bond acceptors (Lipinski definition) is 5. The van der Waals surface area contributed by atoms with Crippen LogP contribution in [-0.2, 0) is 9.53 Å². The molecule has 2 aliphatic heterocycles. The first kappa shape index (κ1) is 14.1. The van der Waals surface area contributed by atoms with Crippen molar-refractivity contribution in [2.45, 2.75) is 12.8 Å². The average molecular weight is 290 g/mol. The van der Waals surface area contributed by atoms with Crippen molar-refractivity contribution in [1.82, 2.24) is 9.88 Å². The summed E-state index contributed by atoms with van der Waals surface area (Å²) >= 11 is 0. The van der Waals surface area contributed by atoms with Crippen LogP contribution in [0.2, 0.25) is 0 Å². The van der Waals surface area contributed by atoms with Crippen LogP contribution in [0.1, 0.15) is 12.8 Å². The molecule has 2 fully saturated rings. The minimum atomic E-state index is 0.144. The van der Waals surface area contributed by atoms with Crippen LogP contribution in [0.25, 0.3) is 0 Å². The molecule has 3 heterocycles. The fourth-order valence-corrected chi connectivity index (χ4v) is 3.02. The Hall–Kier alpha value is -1.82. The number of carbonyl (C=O) groups is 1. The Bertz CT molecular complexity index is 494. The van der Waals surface area contributed by atoms with E-state index in [1.807, 2.05) is 17.0 Å². The van der Waals surface area contributed by atoms with Gasteiger partial charge in [-0.05, 0) is 25.0 Å².